The largest absolute Gasteiger partial charge is 0.381 e. The molecule has 0 radical (unpaired) electrons. The van der Waals surface area contributed by atoms with Gasteiger partial charge in [-0.15, -0.1) is 0 Å². The van der Waals surface area contributed by atoms with E-state index in [1.165, 1.54) is 12.1 Å². The van der Waals surface area contributed by atoms with Crippen LogP contribution in [0.1, 0.15) is 5.56 Å². The molecule has 0 aromatic heterocycles. The summed E-state index contributed by atoms with van der Waals surface area (Å²) in [5.74, 6) is -0.455. The zero-order valence-electron chi connectivity index (χ0n) is 11.2. The minimum absolute atomic E-state index is 0.0925. The summed E-state index contributed by atoms with van der Waals surface area (Å²) in [5, 5.41) is 3.20. The molecule has 0 fully saturated rings. The Hall–Kier alpha value is -1.79. The van der Waals surface area contributed by atoms with Crippen molar-refractivity contribution in [2.24, 2.45) is 0 Å². The highest BCUT2D eigenvalue weighted by Crippen LogP contribution is 2.18. The molecule has 0 atom stereocenters. The Labute approximate surface area is 128 Å². The predicted octanol–water partition coefficient (Wildman–Crippen LogP) is 3.46. The van der Waals surface area contributed by atoms with Gasteiger partial charge in [0, 0.05) is 17.9 Å². The van der Waals surface area contributed by atoms with E-state index in [1.807, 2.05) is 0 Å². The highest BCUT2D eigenvalue weighted by molar-refractivity contribution is 7.92. The van der Waals surface area contributed by atoms with Gasteiger partial charge in [0.2, 0.25) is 10.0 Å². The lowest BCUT2D eigenvalue weighted by molar-refractivity contribution is 0.607. The smallest absolute Gasteiger partial charge is 0.229 e. The van der Waals surface area contributed by atoms with Crippen molar-refractivity contribution >= 4 is 33.0 Å². The van der Waals surface area contributed by atoms with Crippen LogP contribution in [0.5, 0.6) is 0 Å². The van der Waals surface area contributed by atoms with Gasteiger partial charge in [0.05, 0.1) is 11.3 Å². The first-order valence-electron chi connectivity index (χ1n) is 6.09. The number of nitrogens with one attached hydrogen (secondary N) is 2. The number of sulfonamides is 1. The normalized spacial score (nSPS) is 11.2. The van der Waals surface area contributed by atoms with Crippen LogP contribution < -0.4 is 10.0 Å². The summed E-state index contributed by atoms with van der Waals surface area (Å²) >= 11 is 5.62. The standard InChI is InChI=1S/C14H14ClFN2O2S/c1-21(19,20)18-12-5-3-11(4-6-12)17-9-10-2-7-13(15)14(16)8-10/h2-8,17-18H,9H2,1H3. The van der Waals surface area contributed by atoms with Gasteiger partial charge in [-0.05, 0) is 42.0 Å². The van der Waals surface area contributed by atoms with Crippen LogP contribution in [-0.2, 0) is 16.6 Å². The number of benzene rings is 2. The quantitative estimate of drug-likeness (QED) is 0.883. The van der Waals surface area contributed by atoms with Gasteiger partial charge in [-0.2, -0.15) is 0 Å². The summed E-state index contributed by atoms with van der Waals surface area (Å²) in [7, 11) is -3.28. The van der Waals surface area contributed by atoms with Gasteiger partial charge in [0.1, 0.15) is 5.82 Å². The van der Waals surface area contributed by atoms with E-state index in [-0.39, 0.29) is 5.02 Å². The van der Waals surface area contributed by atoms with Crippen LogP contribution in [-0.4, -0.2) is 14.7 Å². The van der Waals surface area contributed by atoms with Crippen LogP contribution in [0.3, 0.4) is 0 Å². The second-order valence-electron chi connectivity index (χ2n) is 4.55. The van der Waals surface area contributed by atoms with E-state index in [2.05, 4.69) is 10.0 Å². The monoisotopic (exact) mass is 328 g/mol. The third-order valence-electron chi connectivity index (χ3n) is 2.67. The molecule has 7 heteroatoms. The van der Waals surface area contributed by atoms with Gasteiger partial charge in [-0.3, -0.25) is 4.72 Å². The first kappa shape index (κ1) is 15.6. The number of anilines is 2. The fourth-order valence-electron chi connectivity index (χ4n) is 1.72. The van der Waals surface area contributed by atoms with Crippen molar-refractivity contribution in [3.8, 4) is 0 Å². The molecule has 112 valence electrons. The van der Waals surface area contributed by atoms with E-state index in [1.54, 1.807) is 30.3 Å². The summed E-state index contributed by atoms with van der Waals surface area (Å²) in [6.07, 6.45) is 1.09. The van der Waals surface area contributed by atoms with E-state index < -0.39 is 15.8 Å². The van der Waals surface area contributed by atoms with Crippen LogP contribution in [0.15, 0.2) is 42.5 Å². The van der Waals surface area contributed by atoms with Crippen molar-refractivity contribution in [3.63, 3.8) is 0 Å². The summed E-state index contributed by atoms with van der Waals surface area (Å²) in [6, 6.07) is 11.4. The van der Waals surface area contributed by atoms with Crippen LogP contribution in [0.4, 0.5) is 15.8 Å². The van der Waals surface area contributed by atoms with Crippen molar-refractivity contribution in [1.29, 1.82) is 0 Å². The molecule has 0 amide bonds. The zero-order chi connectivity index (χ0) is 15.5. The Morgan fingerprint density at radius 3 is 2.29 bits per heavy atom. The first-order valence-corrected chi connectivity index (χ1v) is 8.36. The third-order valence-corrected chi connectivity index (χ3v) is 3.58. The Morgan fingerprint density at radius 1 is 1.10 bits per heavy atom. The molecule has 2 rings (SSSR count). The lowest BCUT2D eigenvalue weighted by atomic mass is 10.2. The van der Waals surface area contributed by atoms with Gasteiger partial charge < -0.3 is 5.32 Å². The van der Waals surface area contributed by atoms with Crippen molar-refractivity contribution in [2.45, 2.75) is 6.54 Å². The SMILES string of the molecule is CS(=O)(=O)Nc1ccc(NCc2ccc(Cl)c(F)c2)cc1. The minimum Gasteiger partial charge on any atom is -0.381 e. The van der Waals surface area contributed by atoms with E-state index in [9.17, 15) is 12.8 Å². The second kappa shape index (κ2) is 6.32. The third kappa shape index (κ3) is 4.91. The number of hydrogen-bond acceptors (Lipinski definition) is 3. The second-order valence-corrected chi connectivity index (χ2v) is 6.71. The molecule has 2 N–H and O–H groups in total. The van der Waals surface area contributed by atoms with Crippen molar-refractivity contribution < 1.29 is 12.8 Å². The van der Waals surface area contributed by atoms with Gasteiger partial charge >= 0.3 is 0 Å². The molecule has 0 spiro atoms. The molecule has 0 aliphatic carbocycles. The Kier molecular flexibility index (Phi) is 4.69. The molecule has 0 aliphatic heterocycles. The van der Waals surface area contributed by atoms with Gasteiger partial charge in [0.25, 0.3) is 0 Å². The molecular formula is C14H14ClFN2O2S. The average Bonchev–Trinajstić information content (AvgIpc) is 2.40. The van der Waals surface area contributed by atoms with Crippen LogP contribution in [0.2, 0.25) is 5.02 Å². The molecule has 4 nitrogen and oxygen atoms in total. The molecule has 2 aromatic carbocycles. The summed E-state index contributed by atoms with van der Waals surface area (Å²) in [5.41, 5.74) is 2.04. The predicted molar refractivity (Wildman–Crippen MR) is 83.6 cm³/mol. The molecule has 0 unspecified atom stereocenters. The maximum atomic E-state index is 13.3. The molecule has 0 saturated heterocycles. The van der Waals surface area contributed by atoms with E-state index in [4.69, 9.17) is 11.6 Å². The maximum Gasteiger partial charge on any atom is 0.229 e. The van der Waals surface area contributed by atoms with Crippen molar-refractivity contribution in [2.75, 3.05) is 16.3 Å². The Bertz CT molecular complexity index is 733. The zero-order valence-corrected chi connectivity index (χ0v) is 12.8. The summed E-state index contributed by atoms with van der Waals surface area (Å²) < 4.78 is 37.8. The van der Waals surface area contributed by atoms with Crippen LogP contribution >= 0.6 is 11.6 Å². The number of halogens is 2. The molecule has 0 bridgehead atoms. The Morgan fingerprint density at radius 2 is 1.71 bits per heavy atom. The molecule has 2 aromatic rings. The van der Waals surface area contributed by atoms with E-state index in [0.29, 0.717) is 12.2 Å². The highest BCUT2D eigenvalue weighted by atomic mass is 35.5. The lowest BCUT2D eigenvalue weighted by Gasteiger charge is -2.09. The fourth-order valence-corrected chi connectivity index (χ4v) is 2.41. The average molecular weight is 329 g/mol. The minimum atomic E-state index is -3.28. The first-order chi connectivity index (χ1) is 9.83. The Balaban J connectivity index is 1.99. The topological polar surface area (TPSA) is 58.2 Å². The number of rotatable bonds is 5. The van der Waals surface area contributed by atoms with E-state index in [0.717, 1.165) is 17.5 Å². The highest BCUT2D eigenvalue weighted by Gasteiger charge is 2.03. The molecule has 0 heterocycles. The maximum absolute atomic E-state index is 13.3. The van der Waals surface area contributed by atoms with E-state index >= 15 is 0 Å². The van der Waals surface area contributed by atoms with Crippen LogP contribution in [0.25, 0.3) is 0 Å². The summed E-state index contributed by atoms with van der Waals surface area (Å²) in [4.78, 5) is 0. The summed E-state index contributed by atoms with van der Waals surface area (Å²) in [6.45, 7) is 0.437. The van der Waals surface area contributed by atoms with Crippen molar-refractivity contribution in [3.05, 3.63) is 58.9 Å². The number of hydrogen-bond donors (Lipinski definition) is 2. The van der Waals surface area contributed by atoms with Crippen molar-refractivity contribution in [1.82, 2.24) is 0 Å². The van der Waals surface area contributed by atoms with Crippen LogP contribution in [0, 0.1) is 5.82 Å². The fraction of sp³-hybridized carbons (Fsp3) is 0.143. The molecule has 0 aliphatic rings. The van der Waals surface area contributed by atoms with Gasteiger partial charge in [0.15, 0.2) is 0 Å². The molecule has 0 saturated carbocycles. The molecular weight excluding hydrogens is 315 g/mol. The van der Waals surface area contributed by atoms with Gasteiger partial charge in [-0.1, -0.05) is 17.7 Å². The lowest BCUT2D eigenvalue weighted by Crippen LogP contribution is -2.09. The van der Waals surface area contributed by atoms with Gasteiger partial charge in [-0.25, -0.2) is 12.8 Å². The molecule has 21 heavy (non-hydrogen) atoms.